The number of hydrogen-bond donors (Lipinski definition) is 0. The molecule has 7 nitrogen and oxygen atoms in total. The molecule has 1 aliphatic rings. The first-order chi connectivity index (χ1) is 11.6. The van der Waals surface area contributed by atoms with Crippen LogP contribution >= 0.6 is 11.3 Å². The van der Waals surface area contributed by atoms with Crippen molar-refractivity contribution in [3.8, 4) is 11.8 Å². The molecule has 0 radical (unpaired) electrons. The minimum Gasteiger partial charge on any atom is -0.345 e. The standard InChI is InChI=1S/C16H14N4O3S/c21-15(5-4-13-2-1-3-14(12-13)20(22)23)18-7-9-19(10-8-18)16-17-6-11-24-16/h1-3,6,11-12H,7-10H2. The number of amides is 1. The Morgan fingerprint density at radius 2 is 2.08 bits per heavy atom. The van der Waals surface area contributed by atoms with E-state index in [0.717, 1.165) is 18.2 Å². The summed E-state index contributed by atoms with van der Waals surface area (Å²) in [5, 5.41) is 13.6. The molecule has 1 aromatic carbocycles. The Labute approximate surface area is 142 Å². The summed E-state index contributed by atoms with van der Waals surface area (Å²) < 4.78 is 0. The van der Waals surface area contributed by atoms with Gasteiger partial charge in [-0.1, -0.05) is 12.0 Å². The van der Waals surface area contributed by atoms with Gasteiger partial charge in [-0.3, -0.25) is 14.9 Å². The van der Waals surface area contributed by atoms with E-state index in [1.807, 2.05) is 5.38 Å². The SMILES string of the molecule is O=C(C#Cc1cccc([N+](=O)[O-])c1)N1CCN(c2nccs2)CC1. The third-order valence-corrected chi connectivity index (χ3v) is 4.46. The number of piperazine rings is 1. The topological polar surface area (TPSA) is 79.6 Å². The number of nitro groups is 1. The first-order valence-electron chi connectivity index (χ1n) is 7.33. The Balaban J connectivity index is 1.61. The molecule has 2 aromatic rings. The Hall–Kier alpha value is -2.92. The van der Waals surface area contributed by atoms with E-state index >= 15 is 0 Å². The maximum absolute atomic E-state index is 12.2. The van der Waals surface area contributed by atoms with Crippen LogP contribution in [-0.4, -0.2) is 46.9 Å². The predicted molar refractivity (Wildman–Crippen MR) is 90.9 cm³/mol. The van der Waals surface area contributed by atoms with E-state index in [2.05, 4.69) is 21.7 Å². The minimum atomic E-state index is -0.481. The van der Waals surface area contributed by atoms with Gasteiger partial charge in [-0.05, 0) is 6.07 Å². The number of carbonyl (C=O) groups is 1. The van der Waals surface area contributed by atoms with Crippen molar-refractivity contribution in [3.63, 3.8) is 0 Å². The molecule has 1 saturated heterocycles. The second-order valence-electron chi connectivity index (χ2n) is 5.15. The van der Waals surface area contributed by atoms with Crippen LogP contribution in [0.5, 0.6) is 0 Å². The van der Waals surface area contributed by atoms with Gasteiger partial charge in [-0.15, -0.1) is 11.3 Å². The zero-order chi connectivity index (χ0) is 16.9. The second-order valence-corrected chi connectivity index (χ2v) is 6.02. The molecule has 0 atom stereocenters. The number of nitrogens with zero attached hydrogens (tertiary/aromatic N) is 4. The number of hydrogen-bond acceptors (Lipinski definition) is 6. The smallest absolute Gasteiger partial charge is 0.298 e. The highest BCUT2D eigenvalue weighted by molar-refractivity contribution is 7.13. The fraction of sp³-hybridized carbons (Fsp3) is 0.250. The average molecular weight is 342 g/mol. The van der Waals surface area contributed by atoms with Crippen molar-refractivity contribution in [2.75, 3.05) is 31.1 Å². The van der Waals surface area contributed by atoms with Crippen molar-refractivity contribution < 1.29 is 9.72 Å². The van der Waals surface area contributed by atoms with Crippen molar-refractivity contribution in [3.05, 3.63) is 51.5 Å². The quantitative estimate of drug-likeness (QED) is 0.472. The van der Waals surface area contributed by atoms with Crippen LogP contribution in [-0.2, 0) is 4.79 Å². The number of nitro benzene ring substituents is 1. The lowest BCUT2D eigenvalue weighted by atomic mass is 10.2. The molecule has 122 valence electrons. The van der Waals surface area contributed by atoms with Gasteiger partial charge in [0.15, 0.2) is 5.13 Å². The van der Waals surface area contributed by atoms with Gasteiger partial charge in [0.2, 0.25) is 0 Å². The molecule has 1 aromatic heterocycles. The normalized spacial score (nSPS) is 14.0. The zero-order valence-corrected chi connectivity index (χ0v) is 13.5. The summed E-state index contributed by atoms with van der Waals surface area (Å²) in [6.07, 6.45) is 1.77. The molecule has 8 heteroatoms. The van der Waals surface area contributed by atoms with E-state index in [9.17, 15) is 14.9 Å². The zero-order valence-electron chi connectivity index (χ0n) is 12.7. The van der Waals surface area contributed by atoms with Crippen LogP contribution in [0.2, 0.25) is 0 Å². The van der Waals surface area contributed by atoms with Gasteiger partial charge in [0.1, 0.15) is 0 Å². The maximum Gasteiger partial charge on any atom is 0.298 e. The number of carbonyl (C=O) groups excluding carboxylic acids is 1. The summed E-state index contributed by atoms with van der Waals surface area (Å²) in [5.41, 5.74) is 0.422. The fourth-order valence-corrected chi connectivity index (χ4v) is 3.07. The average Bonchev–Trinajstić information content (AvgIpc) is 3.14. The Bertz CT molecular complexity index is 802. The maximum atomic E-state index is 12.2. The van der Waals surface area contributed by atoms with Crippen molar-refractivity contribution in [1.29, 1.82) is 0 Å². The van der Waals surface area contributed by atoms with E-state index in [1.54, 1.807) is 34.6 Å². The van der Waals surface area contributed by atoms with Crippen molar-refractivity contribution in [2.24, 2.45) is 0 Å². The van der Waals surface area contributed by atoms with E-state index in [1.165, 1.54) is 12.1 Å². The molecular formula is C16H14N4O3S. The first-order valence-corrected chi connectivity index (χ1v) is 8.21. The summed E-state index contributed by atoms with van der Waals surface area (Å²) in [5.74, 6) is 5.01. The largest absolute Gasteiger partial charge is 0.345 e. The van der Waals surface area contributed by atoms with Crippen LogP contribution < -0.4 is 4.90 Å². The predicted octanol–water partition coefficient (Wildman–Crippen LogP) is 1.75. The van der Waals surface area contributed by atoms with Gasteiger partial charge >= 0.3 is 0 Å². The van der Waals surface area contributed by atoms with E-state index in [-0.39, 0.29) is 11.6 Å². The number of anilines is 1. The molecule has 0 N–H and O–H groups in total. The minimum absolute atomic E-state index is 0.0358. The summed E-state index contributed by atoms with van der Waals surface area (Å²) in [7, 11) is 0. The number of aromatic nitrogens is 1. The van der Waals surface area contributed by atoms with Crippen LogP contribution in [0.25, 0.3) is 0 Å². The van der Waals surface area contributed by atoms with E-state index < -0.39 is 4.92 Å². The highest BCUT2D eigenvalue weighted by Crippen LogP contribution is 2.18. The van der Waals surface area contributed by atoms with Gasteiger partial charge < -0.3 is 9.80 Å². The molecule has 0 aliphatic carbocycles. The lowest BCUT2D eigenvalue weighted by Crippen LogP contribution is -2.48. The lowest BCUT2D eigenvalue weighted by Gasteiger charge is -2.33. The highest BCUT2D eigenvalue weighted by atomic mass is 32.1. The van der Waals surface area contributed by atoms with Crippen LogP contribution in [0.1, 0.15) is 5.56 Å². The summed E-state index contributed by atoms with van der Waals surface area (Å²) >= 11 is 1.58. The van der Waals surface area contributed by atoms with Crippen LogP contribution in [0, 0.1) is 22.0 Å². The van der Waals surface area contributed by atoms with Crippen molar-refractivity contribution in [2.45, 2.75) is 0 Å². The molecule has 2 heterocycles. The number of benzene rings is 1. The monoisotopic (exact) mass is 342 g/mol. The highest BCUT2D eigenvalue weighted by Gasteiger charge is 2.21. The van der Waals surface area contributed by atoms with Gasteiger partial charge in [-0.2, -0.15) is 0 Å². The molecule has 0 bridgehead atoms. The van der Waals surface area contributed by atoms with E-state index in [0.29, 0.717) is 18.7 Å². The van der Waals surface area contributed by atoms with Crippen LogP contribution in [0.4, 0.5) is 10.8 Å². The molecule has 24 heavy (non-hydrogen) atoms. The molecule has 0 saturated carbocycles. The number of non-ortho nitro benzene ring substituents is 1. The van der Waals surface area contributed by atoms with Crippen molar-refractivity contribution >= 4 is 28.1 Å². The molecule has 1 aliphatic heterocycles. The number of thiazole rings is 1. The molecule has 1 fully saturated rings. The summed E-state index contributed by atoms with van der Waals surface area (Å²) in [4.78, 5) is 30.5. The first kappa shape index (κ1) is 16.0. The van der Waals surface area contributed by atoms with Crippen LogP contribution in [0.15, 0.2) is 35.8 Å². The fourth-order valence-electron chi connectivity index (χ4n) is 2.37. The third-order valence-electron chi connectivity index (χ3n) is 3.63. The number of rotatable bonds is 2. The van der Waals surface area contributed by atoms with Crippen LogP contribution in [0.3, 0.4) is 0 Å². The molecular weight excluding hydrogens is 328 g/mol. The van der Waals surface area contributed by atoms with Gasteiger partial charge in [0.25, 0.3) is 11.6 Å². The summed E-state index contributed by atoms with van der Waals surface area (Å²) in [6.45, 7) is 2.61. The molecule has 0 spiro atoms. The Morgan fingerprint density at radius 3 is 2.75 bits per heavy atom. The Morgan fingerprint density at radius 1 is 1.29 bits per heavy atom. The van der Waals surface area contributed by atoms with E-state index in [4.69, 9.17) is 0 Å². The second kappa shape index (κ2) is 7.10. The third kappa shape index (κ3) is 3.70. The van der Waals surface area contributed by atoms with Gasteiger partial charge in [-0.25, -0.2) is 4.98 Å². The lowest BCUT2D eigenvalue weighted by molar-refractivity contribution is -0.384. The summed E-state index contributed by atoms with van der Waals surface area (Å²) in [6, 6.07) is 5.96. The Kier molecular flexibility index (Phi) is 4.72. The van der Waals surface area contributed by atoms with Gasteiger partial charge in [0.05, 0.1) is 4.92 Å². The van der Waals surface area contributed by atoms with Gasteiger partial charge in [0, 0.05) is 61.4 Å². The molecule has 0 unspecified atom stereocenters. The molecule has 3 rings (SSSR count). The molecule has 1 amide bonds. The van der Waals surface area contributed by atoms with Crippen molar-refractivity contribution in [1.82, 2.24) is 9.88 Å².